The van der Waals surface area contributed by atoms with Gasteiger partial charge >= 0.3 is 0 Å². The van der Waals surface area contributed by atoms with Crippen LogP contribution < -0.4 is 4.74 Å². The number of rotatable bonds is 11. The van der Waals surface area contributed by atoms with Crippen LogP contribution >= 0.6 is 0 Å². The first-order chi connectivity index (χ1) is 11.5. The summed E-state index contributed by atoms with van der Waals surface area (Å²) in [6.07, 6.45) is 4.63. The summed E-state index contributed by atoms with van der Waals surface area (Å²) in [6.45, 7) is 12.4. The predicted molar refractivity (Wildman–Crippen MR) is 105 cm³/mol. The van der Waals surface area contributed by atoms with Gasteiger partial charge in [-0.15, -0.1) is 0 Å². The summed E-state index contributed by atoms with van der Waals surface area (Å²) in [4.78, 5) is 2.15. The smallest absolute Gasteiger partial charge is 0.123 e. The van der Waals surface area contributed by atoms with Crippen molar-refractivity contribution < 1.29 is 9.47 Å². The molecule has 24 heavy (non-hydrogen) atoms. The predicted octanol–water partition coefficient (Wildman–Crippen LogP) is 5.39. The Labute approximate surface area is 150 Å². The van der Waals surface area contributed by atoms with Gasteiger partial charge in [-0.1, -0.05) is 52.3 Å². The monoisotopic (exact) mass is 337 g/mol. The summed E-state index contributed by atoms with van der Waals surface area (Å²) >= 11 is 0. The Kier molecular flexibility index (Phi) is 14.8. The van der Waals surface area contributed by atoms with Crippen molar-refractivity contribution in [1.29, 1.82) is 0 Å². The molecule has 0 saturated heterocycles. The zero-order valence-electron chi connectivity index (χ0n) is 16.8. The number of para-hydroxylation sites is 1. The van der Waals surface area contributed by atoms with Crippen molar-refractivity contribution in [2.75, 3.05) is 33.9 Å². The molecule has 0 N–H and O–H groups in total. The Balaban J connectivity index is 0.000000506. The van der Waals surface area contributed by atoms with Crippen LogP contribution in [-0.4, -0.2) is 38.8 Å². The van der Waals surface area contributed by atoms with Crippen LogP contribution in [0.25, 0.3) is 0 Å². The Hall–Kier alpha value is -1.06. The molecule has 0 amide bonds. The van der Waals surface area contributed by atoms with Gasteiger partial charge in [0.15, 0.2) is 0 Å². The minimum atomic E-state index is 0.779. The molecule has 3 nitrogen and oxygen atoms in total. The Morgan fingerprint density at radius 1 is 0.958 bits per heavy atom. The van der Waals surface area contributed by atoms with Crippen molar-refractivity contribution in [3.63, 3.8) is 0 Å². The first-order valence-corrected chi connectivity index (χ1v) is 9.44. The zero-order chi connectivity index (χ0) is 18.2. The van der Waals surface area contributed by atoms with Crippen molar-refractivity contribution in [1.82, 2.24) is 4.90 Å². The summed E-state index contributed by atoms with van der Waals surface area (Å²) in [5.74, 6) is 1.81. The second kappa shape index (κ2) is 15.5. The summed E-state index contributed by atoms with van der Waals surface area (Å²) in [6, 6.07) is 8.27. The molecule has 0 atom stereocenters. The van der Waals surface area contributed by atoms with Gasteiger partial charge in [0.1, 0.15) is 5.75 Å². The number of hydrogen-bond donors (Lipinski definition) is 0. The molecule has 1 rings (SSSR count). The summed E-state index contributed by atoms with van der Waals surface area (Å²) in [7, 11) is 4.14. The molecule has 0 saturated carbocycles. The standard InChI is InChI=1S/C13H21NO.C8H18O/c1-4-5-10-15-13-9-7-6-8-12(13)11-14(2)3;1-4-6-9-7-5-8(2)3/h6-9H,4-5,10-11H2,1-3H3;8H,4-7H2,1-3H3. The second-order valence-corrected chi connectivity index (χ2v) is 6.84. The normalized spacial score (nSPS) is 10.7. The maximum Gasteiger partial charge on any atom is 0.123 e. The molecular weight excluding hydrogens is 298 g/mol. The van der Waals surface area contributed by atoms with E-state index in [0.29, 0.717) is 0 Å². The van der Waals surface area contributed by atoms with E-state index < -0.39 is 0 Å². The van der Waals surface area contributed by atoms with E-state index >= 15 is 0 Å². The molecule has 0 aromatic heterocycles. The third kappa shape index (κ3) is 13.4. The van der Waals surface area contributed by atoms with Gasteiger partial charge in [-0.3, -0.25) is 0 Å². The fourth-order valence-electron chi connectivity index (χ4n) is 2.01. The van der Waals surface area contributed by atoms with E-state index in [1.54, 1.807) is 0 Å². The molecule has 140 valence electrons. The lowest BCUT2D eigenvalue weighted by Crippen LogP contribution is -2.12. The highest BCUT2D eigenvalue weighted by Crippen LogP contribution is 2.19. The van der Waals surface area contributed by atoms with Gasteiger partial charge in [0.25, 0.3) is 0 Å². The van der Waals surface area contributed by atoms with Crippen molar-refractivity contribution in [2.24, 2.45) is 5.92 Å². The van der Waals surface area contributed by atoms with Crippen molar-refractivity contribution in [3.8, 4) is 5.75 Å². The minimum absolute atomic E-state index is 0.779. The zero-order valence-corrected chi connectivity index (χ0v) is 16.8. The summed E-state index contributed by atoms with van der Waals surface area (Å²) in [5, 5.41) is 0. The molecule has 0 aliphatic heterocycles. The number of unbranched alkanes of at least 4 members (excludes halogenated alkanes) is 1. The minimum Gasteiger partial charge on any atom is -0.493 e. The fourth-order valence-corrected chi connectivity index (χ4v) is 2.01. The molecule has 0 aliphatic carbocycles. The van der Waals surface area contributed by atoms with Crippen LogP contribution in [0.5, 0.6) is 5.75 Å². The van der Waals surface area contributed by atoms with Gasteiger partial charge in [0.2, 0.25) is 0 Å². The largest absolute Gasteiger partial charge is 0.493 e. The van der Waals surface area contributed by atoms with Crippen LogP contribution in [0.15, 0.2) is 24.3 Å². The van der Waals surface area contributed by atoms with E-state index in [1.165, 1.54) is 18.4 Å². The molecule has 0 spiro atoms. The number of hydrogen-bond acceptors (Lipinski definition) is 3. The molecule has 0 bridgehead atoms. The quantitative estimate of drug-likeness (QED) is 0.506. The van der Waals surface area contributed by atoms with Crippen LogP contribution in [0.2, 0.25) is 0 Å². The summed E-state index contributed by atoms with van der Waals surface area (Å²) in [5.41, 5.74) is 1.26. The molecule has 0 unspecified atom stereocenters. The molecule has 3 heteroatoms. The van der Waals surface area contributed by atoms with Crippen LogP contribution in [-0.2, 0) is 11.3 Å². The molecule has 0 fully saturated rings. The molecule has 0 aliphatic rings. The van der Waals surface area contributed by atoms with E-state index in [-0.39, 0.29) is 0 Å². The van der Waals surface area contributed by atoms with Crippen LogP contribution in [0.3, 0.4) is 0 Å². The number of ether oxygens (including phenoxy) is 2. The van der Waals surface area contributed by atoms with Crippen molar-refractivity contribution in [2.45, 2.75) is 59.9 Å². The number of benzene rings is 1. The van der Waals surface area contributed by atoms with Crippen LogP contribution in [0, 0.1) is 5.92 Å². The fraction of sp³-hybridized carbons (Fsp3) is 0.714. The highest BCUT2D eigenvalue weighted by Gasteiger charge is 2.03. The second-order valence-electron chi connectivity index (χ2n) is 6.84. The van der Waals surface area contributed by atoms with E-state index in [4.69, 9.17) is 9.47 Å². The Morgan fingerprint density at radius 2 is 1.67 bits per heavy atom. The molecule has 0 heterocycles. The average Bonchev–Trinajstić information content (AvgIpc) is 2.53. The lowest BCUT2D eigenvalue weighted by atomic mass is 10.1. The van der Waals surface area contributed by atoms with Crippen molar-refractivity contribution >= 4 is 0 Å². The van der Waals surface area contributed by atoms with E-state index in [9.17, 15) is 0 Å². The van der Waals surface area contributed by atoms with Gasteiger partial charge < -0.3 is 14.4 Å². The molecular formula is C21H39NO2. The molecule has 1 aromatic carbocycles. The van der Waals surface area contributed by atoms with E-state index in [1.807, 2.05) is 6.07 Å². The maximum absolute atomic E-state index is 5.75. The Morgan fingerprint density at radius 3 is 2.25 bits per heavy atom. The van der Waals surface area contributed by atoms with Gasteiger partial charge in [0.05, 0.1) is 6.61 Å². The topological polar surface area (TPSA) is 21.7 Å². The third-order valence-electron chi connectivity index (χ3n) is 3.40. The average molecular weight is 338 g/mol. The lowest BCUT2D eigenvalue weighted by molar-refractivity contribution is 0.124. The van der Waals surface area contributed by atoms with Gasteiger partial charge in [-0.25, -0.2) is 0 Å². The SMILES string of the molecule is CCCCOc1ccccc1CN(C)C.CCCOCCC(C)C. The van der Waals surface area contributed by atoms with Gasteiger partial charge in [-0.2, -0.15) is 0 Å². The van der Waals surface area contributed by atoms with E-state index in [0.717, 1.165) is 50.9 Å². The van der Waals surface area contributed by atoms with Crippen LogP contribution in [0.4, 0.5) is 0 Å². The molecule has 1 aromatic rings. The van der Waals surface area contributed by atoms with Crippen LogP contribution in [0.1, 0.15) is 58.9 Å². The molecule has 0 radical (unpaired) electrons. The van der Waals surface area contributed by atoms with Crippen molar-refractivity contribution in [3.05, 3.63) is 29.8 Å². The van der Waals surface area contributed by atoms with Gasteiger partial charge in [-0.05, 0) is 45.3 Å². The summed E-state index contributed by atoms with van der Waals surface area (Å²) < 4.78 is 11.0. The number of nitrogens with zero attached hydrogens (tertiary/aromatic N) is 1. The Bertz CT molecular complexity index is 391. The first kappa shape index (κ1) is 22.9. The van der Waals surface area contributed by atoms with Gasteiger partial charge in [0, 0.05) is 25.3 Å². The van der Waals surface area contributed by atoms with E-state index in [2.05, 4.69) is 64.9 Å². The highest BCUT2D eigenvalue weighted by atomic mass is 16.5. The third-order valence-corrected chi connectivity index (χ3v) is 3.40. The highest BCUT2D eigenvalue weighted by molar-refractivity contribution is 5.33. The maximum atomic E-state index is 5.75. The lowest BCUT2D eigenvalue weighted by Gasteiger charge is -2.14. The first-order valence-electron chi connectivity index (χ1n) is 9.44.